The zero-order valence-corrected chi connectivity index (χ0v) is 16.9. The lowest BCUT2D eigenvalue weighted by atomic mass is 10.0. The largest absolute Gasteiger partial charge is 0.497 e. The summed E-state index contributed by atoms with van der Waals surface area (Å²) in [6.07, 6.45) is 6.64. The lowest BCUT2D eigenvalue weighted by Crippen LogP contribution is -2.45. The van der Waals surface area contributed by atoms with Crippen molar-refractivity contribution in [2.24, 2.45) is 0 Å². The van der Waals surface area contributed by atoms with Crippen molar-refractivity contribution < 1.29 is 9.53 Å². The summed E-state index contributed by atoms with van der Waals surface area (Å²) in [6, 6.07) is 8.12. The van der Waals surface area contributed by atoms with E-state index < -0.39 is 0 Å². The van der Waals surface area contributed by atoms with Crippen molar-refractivity contribution >= 4 is 22.6 Å². The van der Waals surface area contributed by atoms with Crippen LogP contribution in [0.15, 0.2) is 36.8 Å². The lowest BCUT2D eigenvalue weighted by molar-refractivity contribution is -0.121. The van der Waals surface area contributed by atoms with E-state index in [-0.39, 0.29) is 11.9 Å². The number of H-pyrrole nitrogens is 1. The monoisotopic (exact) mass is 393 g/mol. The molecule has 4 rings (SSSR count). The maximum atomic E-state index is 12.6. The smallest absolute Gasteiger partial charge is 0.224 e. The molecule has 0 aliphatic carbocycles. The molecule has 3 aromatic rings. The van der Waals surface area contributed by atoms with Crippen LogP contribution < -0.4 is 15.0 Å². The molecule has 7 heteroatoms. The summed E-state index contributed by atoms with van der Waals surface area (Å²) in [5.41, 5.74) is 3.06. The number of anilines is 1. The number of rotatable bonds is 6. The molecule has 0 spiro atoms. The summed E-state index contributed by atoms with van der Waals surface area (Å²) in [4.78, 5) is 26.8. The fraction of sp³-hybridized carbons (Fsp3) is 0.409. The summed E-state index contributed by atoms with van der Waals surface area (Å²) < 4.78 is 5.31. The molecule has 152 valence electrons. The summed E-state index contributed by atoms with van der Waals surface area (Å²) in [5.74, 6) is 1.83. The van der Waals surface area contributed by atoms with Gasteiger partial charge in [-0.25, -0.2) is 9.97 Å². The highest BCUT2D eigenvalue weighted by Gasteiger charge is 2.22. The quantitative estimate of drug-likeness (QED) is 0.673. The van der Waals surface area contributed by atoms with Gasteiger partial charge < -0.3 is 19.9 Å². The van der Waals surface area contributed by atoms with Gasteiger partial charge in [-0.15, -0.1) is 0 Å². The van der Waals surface area contributed by atoms with Crippen molar-refractivity contribution in [3.8, 4) is 5.75 Å². The van der Waals surface area contributed by atoms with Gasteiger partial charge in [-0.1, -0.05) is 6.92 Å². The molecule has 0 bridgehead atoms. The number of nitrogens with zero attached hydrogens (tertiary/aromatic N) is 3. The standard InChI is InChI=1S/C22H27N5O2/c1-3-16-11-21(25-14-24-16)27-8-6-17(7-9-27)26-22(28)10-15-13-23-20-5-4-18(29-2)12-19(15)20/h4-5,11-14,17,23H,3,6-10H2,1-2H3,(H,26,28). The number of amides is 1. The van der Waals surface area contributed by atoms with E-state index >= 15 is 0 Å². The SMILES string of the molecule is CCc1cc(N2CCC(NC(=O)Cc3c[nH]c4ccc(OC)cc34)CC2)ncn1. The Kier molecular flexibility index (Phi) is 5.64. The van der Waals surface area contributed by atoms with Crippen molar-refractivity contribution in [1.82, 2.24) is 20.3 Å². The number of aromatic amines is 1. The molecular formula is C22H27N5O2. The van der Waals surface area contributed by atoms with Gasteiger partial charge in [0.2, 0.25) is 5.91 Å². The van der Waals surface area contributed by atoms with Gasteiger partial charge in [0.1, 0.15) is 17.9 Å². The molecular weight excluding hydrogens is 366 g/mol. The van der Waals surface area contributed by atoms with E-state index in [0.717, 1.165) is 66.1 Å². The maximum Gasteiger partial charge on any atom is 0.224 e. The van der Waals surface area contributed by atoms with Crippen LogP contribution in [-0.4, -0.2) is 47.1 Å². The lowest BCUT2D eigenvalue weighted by Gasteiger charge is -2.33. The highest BCUT2D eigenvalue weighted by Crippen LogP contribution is 2.24. The van der Waals surface area contributed by atoms with Gasteiger partial charge in [0.25, 0.3) is 0 Å². The fourth-order valence-corrected chi connectivity index (χ4v) is 3.89. The molecule has 0 unspecified atom stereocenters. The zero-order valence-electron chi connectivity index (χ0n) is 16.9. The first kappa shape index (κ1) is 19.2. The molecule has 2 aromatic heterocycles. The highest BCUT2D eigenvalue weighted by molar-refractivity contribution is 5.89. The Bertz CT molecular complexity index is 992. The van der Waals surface area contributed by atoms with Gasteiger partial charge in [0.15, 0.2) is 0 Å². The number of methoxy groups -OCH3 is 1. The number of carbonyl (C=O) groups excluding carboxylic acids is 1. The first-order valence-corrected chi connectivity index (χ1v) is 10.2. The third-order valence-corrected chi connectivity index (χ3v) is 5.58. The van der Waals surface area contributed by atoms with Crippen molar-refractivity contribution in [3.05, 3.63) is 48.0 Å². The Hall–Kier alpha value is -3.09. The molecule has 7 nitrogen and oxygen atoms in total. The molecule has 0 radical (unpaired) electrons. The molecule has 3 heterocycles. The number of carbonyl (C=O) groups is 1. The van der Waals surface area contributed by atoms with E-state index in [9.17, 15) is 4.79 Å². The average molecular weight is 393 g/mol. The summed E-state index contributed by atoms with van der Waals surface area (Å²) in [6.45, 7) is 3.86. The Morgan fingerprint density at radius 1 is 1.28 bits per heavy atom. The number of aromatic nitrogens is 3. The van der Waals surface area contributed by atoms with Gasteiger partial charge >= 0.3 is 0 Å². The van der Waals surface area contributed by atoms with Gasteiger partial charge in [0, 0.05) is 48.0 Å². The summed E-state index contributed by atoms with van der Waals surface area (Å²) in [5, 5.41) is 4.23. The van der Waals surface area contributed by atoms with Crippen LogP contribution >= 0.6 is 0 Å². The number of nitrogens with one attached hydrogen (secondary N) is 2. The first-order chi connectivity index (χ1) is 14.2. The fourth-order valence-electron chi connectivity index (χ4n) is 3.89. The molecule has 1 saturated heterocycles. The molecule has 1 aliphatic heterocycles. The number of fused-ring (bicyclic) bond motifs is 1. The van der Waals surface area contributed by atoms with Crippen LogP contribution in [0.3, 0.4) is 0 Å². The van der Waals surface area contributed by atoms with Crippen LogP contribution in [0.1, 0.15) is 31.0 Å². The predicted octanol–water partition coefficient (Wildman–Crippen LogP) is 2.86. The number of aryl methyl sites for hydroxylation is 1. The van der Waals surface area contributed by atoms with Gasteiger partial charge in [-0.2, -0.15) is 0 Å². The topological polar surface area (TPSA) is 83.1 Å². The van der Waals surface area contributed by atoms with Crippen molar-refractivity contribution in [2.45, 2.75) is 38.6 Å². The number of piperidine rings is 1. The van der Waals surface area contributed by atoms with E-state index in [1.54, 1.807) is 13.4 Å². The van der Waals surface area contributed by atoms with E-state index in [1.165, 1.54) is 0 Å². The molecule has 1 aliphatic rings. The van der Waals surface area contributed by atoms with Gasteiger partial charge in [-0.05, 0) is 43.0 Å². The van der Waals surface area contributed by atoms with E-state index in [1.807, 2.05) is 24.4 Å². The van der Waals surface area contributed by atoms with Crippen LogP contribution in [0.4, 0.5) is 5.82 Å². The van der Waals surface area contributed by atoms with Crippen LogP contribution in [0.25, 0.3) is 10.9 Å². The van der Waals surface area contributed by atoms with E-state index in [2.05, 4.69) is 38.2 Å². The Labute approximate surface area is 170 Å². The van der Waals surface area contributed by atoms with Gasteiger partial charge in [-0.3, -0.25) is 4.79 Å². The molecule has 29 heavy (non-hydrogen) atoms. The van der Waals surface area contributed by atoms with Crippen LogP contribution in [0, 0.1) is 0 Å². The third kappa shape index (κ3) is 4.34. The second-order valence-corrected chi connectivity index (χ2v) is 7.45. The molecule has 0 saturated carbocycles. The second kappa shape index (κ2) is 8.51. The van der Waals surface area contributed by atoms with Crippen molar-refractivity contribution in [1.29, 1.82) is 0 Å². The maximum absolute atomic E-state index is 12.6. The number of hydrogen-bond acceptors (Lipinski definition) is 5. The molecule has 1 fully saturated rings. The molecule has 0 atom stereocenters. The minimum atomic E-state index is 0.0578. The zero-order chi connectivity index (χ0) is 20.2. The summed E-state index contributed by atoms with van der Waals surface area (Å²) in [7, 11) is 1.65. The Morgan fingerprint density at radius 2 is 2.10 bits per heavy atom. The van der Waals surface area contributed by atoms with E-state index in [4.69, 9.17) is 4.74 Å². The number of benzene rings is 1. The van der Waals surface area contributed by atoms with Crippen LogP contribution in [0.5, 0.6) is 5.75 Å². The van der Waals surface area contributed by atoms with Gasteiger partial charge in [0.05, 0.1) is 13.5 Å². The molecule has 1 amide bonds. The third-order valence-electron chi connectivity index (χ3n) is 5.58. The summed E-state index contributed by atoms with van der Waals surface area (Å²) >= 11 is 0. The van der Waals surface area contributed by atoms with Crippen molar-refractivity contribution in [3.63, 3.8) is 0 Å². The molecule has 1 aromatic carbocycles. The normalized spacial score (nSPS) is 14.9. The highest BCUT2D eigenvalue weighted by atomic mass is 16.5. The Balaban J connectivity index is 1.33. The minimum absolute atomic E-state index is 0.0578. The number of ether oxygens (including phenoxy) is 1. The molecule has 2 N–H and O–H groups in total. The van der Waals surface area contributed by atoms with E-state index in [0.29, 0.717) is 6.42 Å². The second-order valence-electron chi connectivity index (χ2n) is 7.45. The minimum Gasteiger partial charge on any atom is -0.497 e. The van der Waals surface area contributed by atoms with Crippen LogP contribution in [0.2, 0.25) is 0 Å². The average Bonchev–Trinajstić information content (AvgIpc) is 3.16. The van der Waals surface area contributed by atoms with Crippen molar-refractivity contribution in [2.75, 3.05) is 25.1 Å². The van der Waals surface area contributed by atoms with Crippen LogP contribution in [-0.2, 0) is 17.6 Å². The number of hydrogen-bond donors (Lipinski definition) is 2. The first-order valence-electron chi connectivity index (χ1n) is 10.2. The Morgan fingerprint density at radius 3 is 2.86 bits per heavy atom. The predicted molar refractivity (Wildman–Crippen MR) is 113 cm³/mol.